The lowest BCUT2D eigenvalue weighted by atomic mass is 9.63. The molecule has 1 unspecified atom stereocenters. The molecule has 0 amide bonds. The Morgan fingerprint density at radius 1 is 0.844 bits per heavy atom. The lowest BCUT2D eigenvalue weighted by molar-refractivity contribution is 0.113. The Bertz CT molecular complexity index is 902. The minimum Gasteiger partial charge on any atom is -0.494 e. The van der Waals surface area contributed by atoms with E-state index in [1.807, 2.05) is 0 Å². The van der Waals surface area contributed by atoms with E-state index in [1.165, 1.54) is 76.3 Å². The lowest BCUT2D eigenvalue weighted by Gasteiger charge is -2.42. The Hall–Kier alpha value is -1.97. The molecule has 4 heteroatoms. The van der Waals surface area contributed by atoms with E-state index in [4.69, 9.17) is 4.74 Å². The molecule has 174 valence electrons. The number of halogens is 3. The molecule has 4 rings (SSSR count). The number of benzene rings is 2. The van der Waals surface area contributed by atoms with Crippen LogP contribution in [0.1, 0.15) is 82.6 Å². The van der Waals surface area contributed by atoms with Crippen LogP contribution < -0.4 is 4.74 Å². The average Bonchev–Trinajstić information content (AvgIpc) is 2.78. The first kappa shape index (κ1) is 23.2. The molecule has 0 radical (unpaired) electrons. The van der Waals surface area contributed by atoms with Crippen molar-refractivity contribution in [2.24, 2.45) is 17.8 Å². The maximum atomic E-state index is 15.0. The van der Waals surface area contributed by atoms with Crippen LogP contribution >= 0.6 is 0 Å². The van der Waals surface area contributed by atoms with Gasteiger partial charge in [-0.25, -0.2) is 13.2 Å². The van der Waals surface area contributed by atoms with Crippen LogP contribution in [0.5, 0.6) is 5.75 Å². The highest BCUT2D eigenvalue weighted by Gasteiger charge is 2.36. The predicted octanol–water partition coefficient (Wildman–Crippen LogP) is 8.66. The number of hydrogen-bond acceptors (Lipinski definition) is 1. The molecule has 2 aliphatic rings. The summed E-state index contributed by atoms with van der Waals surface area (Å²) < 4.78 is 49.0. The molecule has 2 aliphatic carbocycles. The molecule has 2 aromatic rings. The fraction of sp³-hybridized carbons (Fsp3) is 0.571. The second-order valence-corrected chi connectivity index (χ2v) is 9.91. The number of hydrogen-bond donors (Lipinski definition) is 0. The van der Waals surface area contributed by atoms with Gasteiger partial charge in [-0.05, 0) is 91.2 Å². The van der Waals surface area contributed by atoms with Gasteiger partial charge in [0, 0.05) is 0 Å². The molecule has 2 aromatic carbocycles. The van der Waals surface area contributed by atoms with Crippen molar-refractivity contribution >= 4 is 0 Å². The second-order valence-electron chi connectivity index (χ2n) is 9.91. The highest BCUT2D eigenvalue weighted by atomic mass is 19.1. The van der Waals surface area contributed by atoms with Gasteiger partial charge in [0.2, 0.25) is 0 Å². The molecule has 0 N–H and O–H groups in total. The van der Waals surface area contributed by atoms with Crippen LogP contribution in [0.3, 0.4) is 0 Å². The summed E-state index contributed by atoms with van der Waals surface area (Å²) in [7, 11) is 1.36. The zero-order valence-corrected chi connectivity index (χ0v) is 19.3. The Morgan fingerprint density at radius 3 is 2.25 bits per heavy atom. The molecular formula is C28H35F3O. The third-order valence-electron chi connectivity index (χ3n) is 7.91. The molecule has 0 aromatic heterocycles. The summed E-state index contributed by atoms with van der Waals surface area (Å²) in [4.78, 5) is 0. The fourth-order valence-corrected chi connectivity index (χ4v) is 6.16. The normalized spacial score (nSPS) is 25.4. The van der Waals surface area contributed by atoms with Crippen molar-refractivity contribution in [3.8, 4) is 16.9 Å². The molecule has 0 heterocycles. The highest BCUT2D eigenvalue weighted by Crippen LogP contribution is 2.49. The van der Waals surface area contributed by atoms with Crippen molar-refractivity contribution in [1.29, 1.82) is 0 Å². The SMILES string of the molecule is CCCCCC1CC[C@@H]2C[C@H](c3cc(F)c(-c4ccc(OC)c(F)c4)c(F)c3)CC[C@@H]2C1. The van der Waals surface area contributed by atoms with Gasteiger partial charge in [0.25, 0.3) is 0 Å². The van der Waals surface area contributed by atoms with Gasteiger partial charge < -0.3 is 4.74 Å². The molecule has 32 heavy (non-hydrogen) atoms. The van der Waals surface area contributed by atoms with Crippen molar-refractivity contribution < 1.29 is 17.9 Å². The number of methoxy groups -OCH3 is 1. The van der Waals surface area contributed by atoms with Crippen LogP contribution in [-0.2, 0) is 0 Å². The molecular weight excluding hydrogens is 409 g/mol. The quantitative estimate of drug-likeness (QED) is 0.388. The topological polar surface area (TPSA) is 9.23 Å². The standard InChI is InChI=1S/C28H35F3O/c1-3-4-5-6-18-7-8-20-14-21(10-9-19(20)13-18)23-16-25(30)28(26(31)17-23)22-11-12-27(32-2)24(29)15-22/h11-12,15-21H,3-10,13-14H2,1-2H3/t18?,19-,20-,21-/m1/s1. The summed E-state index contributed by atoms with van der Waals surface area (Å²) in [5.41, 5.74) is 0.771. The van der Waals surface area contributed by atoms with E-state index in [0.29, 0.717) is 5.92 Å². The fourth-order valence-electron chi connectivity index (χ4n) is 6.16. The summed E-state index contributed by atoms with van der Waals surface area (Å²) in [6.07, 6.45) is 12.4. The van der Waals surface area contributed by atoms with Crippen LogP contribution in [0.25, 0.3) is 11.1 Å². The Balaban J connectivity index is 1.45. The predicted molar refractivity (Wildman–Crippen MR) is 123 cm³/mol. The van der Waals surface area contributed by atoms with E-state index >= 15 is 8.78 Å². The van der Waals surface area contributed by atoms with Gasteiger partial charge in [0.15, 0.2) is 11.6 Å². The Labute approximate surface area is 190 Å². The summed E-state index contributed by atoms with van der Waals surface area (Å²) in [6.45, 7) is 2.26. The van der Waals surface area contributed by atoms with Gasteiger partial charge in [-0.1, -0.05) is 45.1 Å². The van der Waals surface area contributed by atoms with Gasteiger partial charge in [-0.15, -0.1) is 0 Å². The van der Waals surface area contributed by atoms with E-state index in [2.05, 4.69) is 6.92 Å². The molecule has 2 fully saturated rings. The average molecular weight is 445 g/mol. The number of fused-ring (bicyclic) bond motifs is 1. The summed E-state index contributed by atoms with van der Waals surface area (Å²) in [5, 5.41) is 0. The summed E-state index contributed by atoms with van der Waals surface area (Å²) in [6, 6.07) is 6.97. The van der Waals surface area contributed by atoms with E-state index < -0.39 is 17.5 Å². The van der Waals surface area contributed by atoms with Gasteiger partial charge >= 0.3 is 0 Å². The van der Waals surface area contributed by atoms with Gasteiger partial charge in [0.05, 0.1) is 12.7 Å². The van der Waals surface area contributed by atoms with E-state index in [1.54, 1.807) is 0 Å². The van der Waals surface area contributed by atoms with Gasteiger partial charge in [-0.2, -0.15) is 0 Å². The third kappa shape index (κ3) is 5.00. The second kappa shape index (κ2) is 10.3. The maximum absolute atomic E-state index is 15.0. The largest absolute Gasteiger partial charge is 0.494 e. The molecule has 0 aliphatic heterocycles. The van der Waals surface area contributed by atoms with Crippen molar-refractivity contribution in [1.82, 2.24) is 0 Å². The van der Waals surface area contributed by atoms with E-state index in [0.717, 1.165) is 42.7 Å². The van der Waals surface area contributed by atoms with Crippen molar-refractivity contribution in [2.45, 2.75) is 77.0 Å². The number of rotatable bonds is 7. The third-order valence-corrected chi connectivity index (χ3v) is 7.91. The maximum Gasteiger partial charge on any atom is 0.165 e. The Kier molecular flexibility index (Phi) is 7.48. The first-order valence-electron chi connectivity index (χ1n) is 12.3. The van der Waals surface area contributed by atoms with Crippen LogP contribution in [0.15, 0.2) is 30.3 Å². The monoisotopic (exact) mass is 444 g/mol. The molecule has 4 atom stereocenters. The van der Waals surface area contributed by atoms with Crippen LogP contribution in [-0.4, -0.2) is 7.11 Å². The van der Waals surface area contributed by atoms with Gasteiger partial charge in [-0.3, -0.25) is 0 Å². The molecule has 1 nitrogen and oxygen atoms in total. The Morgan fingerprint density at radius 2 is 1.56 bits per heavy atom. The van der Waals surface area contributed by atoms with Gasteiger partial charge in [0.1, 0.15) is 11.6 Å². The summed E-state index contributed by atoms with van der Waals surface area (Å²) in [5.74, 6) is 0.731. The van der Waals surface area contributed by atoms with Crippen molar-refractivity contribution in [3.63, 3.8) is 0 Å². The number of ether oxygens (including phenoxy) is 1. The molecule has 0 saturated heterocycles. The van der Waals surface area contributed by atoms with Crippen LogP contribution in [0.2, 0.25) is 0 Å². The first-order chi connectivity index (χ1) is 15.5. The smallest absolute Gasteiger partial charge is 0.165 e. The first-order valence-corrected chi connectivity index (χ1v) is 12.3. The van der Waals surface area contributed by atoms with Crippen LogP contribution in [0.4, 0.5) is 13.2 Å². The lowest BCUT2D eigenvalue weighted by Crippen LogP contribution is -2.30. The van der Waals surface area contributed by atoms with E-state index in [9.17, 15) is 4.39 Å². The van der Waals surface area contributed by atoms with Crippen molar-refractivity contribution in [3.05, 3.63) is 53.3 Å². The molecule has 0 bridgehead atoms. The zero-order valence-electron chi connectivity index (χ0n) is 19.3. The summed E-state index contributed by atoms with van der Waals surface area (Å²) >= 11 is 0. The highest BCUT2D eigenvalue weighted by molar-refractivity contribution is 5.66. The molecule has 2 saturated carbocycles. The number of unbranched alkanes of at least 4 members (excludes halogenated alkanes) is 2. The minimum atomic E-state index is -0.628. The molecule has 0 spiro atoms. The van der Waals surface area contributed by atoms with Crippen molar-refractivity contribution in [2.75, 3.05) is 7.11 Å². The van der Waals surface area contributed by atoms with E-state index in [-0.39, 0.29) is 22.8 Å². The van der Waals surface area contributed by atoms with Crippen LogP contribution in [0, 0.1) is 35.2 Å². The minimum absolute atomic E-state index is 0.0584. The zero-order chi connectivity index (χ0) is 22.7.